The van der Waals surface area contributed by atoms with Gasteiger partial charge < -0.3 is 9.53 Å². The molecule has 1 rings (SSSR count). The van der Waals surface area contributed by atoms with Crippen LogP contribution in [0.15, 0.2) is 0 Å². The predicted molar refractivity (Wildman–Crippen MR) is 25.3 cm³/mol. The van der Waals surface area contributed by atoms with Crippen molar-refractivity contribution in [2.75, 3.05) is 13.2 Å². The summed E-state index contributed by atoms with van der Waals surface area (Å²) < 4.78 is 17.1. The van der Waals surface area contributed by atoms with Crippen LogP contribution in [0.4, 0.5) is 4.39 Å². The molecule has 0 amide bonds. The van der Waals surface area contributed by atoms with Gasteiger partial charge in [-0.1, -0.05) is 0 Å². The van der Waals surface area contributed by atoms with E-state index in [4.69, 9.17) is 0 Å². The third-order valence-corrected chi connectivity index (χ3v) is 1.17. The smallest absolute Gasteiger partial charge is 0.163 e. The molecular formula is C5H7FO2. The largest absolute Gasteiger partial charge is 0.375 e. The zero-order valence-electron chi connectivity index (χ0n) is 4.39. The molecular weight excluding hydrogens is 111 g/mol. The SMILES string of the molecule is O=CCC1(F)COC1. The first-order valence-electron chi connectivity index (χ1n) is 2.47. The third-order valence-electron chi connectivity index (χ3n) is 1.17. The Morgan fingerprint density at radius 2 is 2.38 bits per heavy atom. The molecule has 1 heterocycles. The van der Waals surface area contributed by atoms with Crippen LogP contribution in [0.1, 0.15) is 6.42 Å². The van der Waals surface area contributed by atoms with Gasteiger partial charge in [0.2, 0.25) is 0 Å². The quantitative estimate of drug-likeness (QED) is 0.488. The average molecular weight is 118 g/mol. The predicted octanol–water partition coefficient (Wildman–Crippen LogP) is 0.314. The molecule has 0 aliphatic carbocycles. The van der Waals surface area contributed by atoms with E-state index in [1.165, 1.54) is 0 Å². The lowest BCUT2D eigenvalue weighted by molar-refractivity contribution is -0.141. The van der Waals surface area contributed by atoms with E-state index in [1.807, 2.05) is 0 Å². The number of hydrogen-bond donors (Lipinski definition) is 0. The average Bonchev–Trinajstić information content (AvgIpc) is 1.64. The van der Waals surface area contributed by atoms with Crippen LogP contribution in [0.2, 0.25) is 0 Å². The lowest BCUT2D eigenvalue weighted by Gasteiger charge is -2.31. The van der Waals surface area contributed by atoms with Crippen LogP contribution in [0.5, 0.6) is 0 Å². The Hall–Kier alpha value is -0.440. The number of ether oxygens (including phenoxy) is 1. The molecule has 0 unspecified atom stereocenters. The maximum absolute atomic E-state index is 12.6. The standard InChI is InChI=1S/C5H7FO2/c6-5(1-2-7)3-8-4-5/h2H,1,3-4H2. The monoisotopic (exact) mass is 118 g/mol. The fourth-order valence-electron chi connectivity index (χ4n) is 0.591. The normalized spacial score (nSPS) is 24.1. The number of carbonyl (C=O) groups excluding carboxylic acids is 1. The van der Waals surface area contributed by atoms with Crippen molar-refractivity contribution in [3.63, 3.8) is 0 Å². The molecule has 0 saturated carbocycles. The van der Waals surface area contributed by atoms with Crippen molar-refractivity contribution >= 4 is 6.29 Å². The van der Waals surface area contributed by atoms with Crippen LogP contribution >= 0.6 is 0 Å². The van der Waals surface area contributed by atoms with Crippen LogP contribution < -0.4 is 0 Å². The van der Waals surface area contributed by atoms with Gasteiger partial charge in [-0.05, 0) is 0 Å². The molecule has 0 aromatic heterocycles. The van der Waals surface area contributed by atoms with Crippen molar-refractivity contribution in [3.05, 3.63) is 0 Å². The molecule has 3 heteroatoms. The molecule has 0 radical (unpaired) electrons. The molecule has 0 aromatic rings. The van der Waals surface area contributed by atoms with E-state index in [9.17, 15) is 9.18 Å². The van der Waals surface area contributed by atoms with Crippen LogP contribution in [0, 0.1) is 0 Å². The topological polar surface area (TPSA) is 26.3 Å². The summed E-state index contributed by atoms with van der Waals surface area (Å²) in [5.41, 5.74) is -1.32. The van der Waals surface area contributed by atoms with Gasteiger partial charge in [-0.3, -0.25) is 0 Å². The van der Waals surface area contributed by atoms with Crippen LogP contribution in [0.3, 0.4) is 0 Å². The maximum Gasteiger partial charge on any atom is 0.163 e. The fraction of sp³-hybridized carbons (Fsp3) is 0.800. The first-order chi connectivity index (χ1) is 3.77. The van der Waals surface area contributed by atoms with Gasteiger partial charge in [-0.15, -0.1) is 0 Å². The van der Waals surface area contributed by atoms with Gasteiger partial charge in [0.15, 0.2) is 5.67 Å². The van der Waals surface area contributed by atoms with Crippen LogP contribution in [-0.2, 0) is 9.53 Å². The Bertz CT molecular complexity index is 98.6. The zero-order valence-corrected chi connectivity index (χ0v) is 4.39. The Kier molecular flexibility index (Phi) is 1.29. The number of carbonyl (C=O) groups is 1. The molecule has 2 nitrogen and oxygen atoms in total. The van der Waals surface area contributed by atoms with Crippen molar-refractivity contribution in [1.29, 1.82) is 0 Å². The number of aldehydes is 1. The number of rotatable bonds is 2. The minimum Gasteiger partial charge on any atom is -0.375 e. The Morgan fingerprint density at radius 1 is 1.75 bits per heavy atom. The van der Waals surface area contributed by atoms with E-state index >= 15 is 0 Å². The fourth-order valence-corrected chi connectivity index (χ4v) is 0.591. The van der Waals surface area contributed by atoms with Gasteiger partial charge in [0.05, 0.1) is 13.2 Å². The summed E-state index contributed by atoms with van der Waals surface area (Å²) in [7, 11) is 0. The van der Waals surface area contributed by atoms with Crippen molar-refractivity contribution in [1.82, 2.24) is 0 Å². The van der Waals surface area contributed by atoms with Gasteiger partial charge in [0.1, 0.15) is 6.29 Å². The number of alkyl halides is 1. The Labute approximate surface area is 46.6 Å². The lowest BCUT2D eigenvalue weighted by atomic mass is 10.0. The highest BCUT2D eigenvalue weighted by atomic mass is 19.1. The van der Waals surface area contributed by atoms with Gasteiger partial charge >= 0.3 is 0 Å². The highest BCUT2D eigenvalue weighted by Crippen LogP contribution is 2.23. The third kappa shape index (κ3) is 0.865. The second-order valence-corrected chi connectivity index (χ2v) is 2.01. The van der Waals surface area contributed by atoms with E-state index < -0.39 is 5.67 Å². The van der Waals surface area contributed by atoms with Crippen LogP contribution in [0.25, 0.3) is 0 Å². The van der Waals surface area contributed by atoms with E-state index in [1.54, 1.807) is 0 Å². The van der Waals surface area contributed by atoms with Gasteiger partial charge in [0.25, 0.3) is 0 Å². The zero-order chi connectivity index (χ0) is 6.04. The van der Waals surface area contributed by atoms with E-state index in [0.29, 0.717) is 6.29 Å². The molecule has 0 N–H and O–H groups in total. The highest BCUT2D eigenvalue weighted by Gasteiger charge is 2.37. The summed E-state index contributed by atoms with van der Waals surface area (Å²) in [6.07, 6.45) is 0.565. The molecule has 8 heavy (non-hydrogen) atoms. The van der Waals surface area contributed by atoms with E-state index in [0.717, 1.165) is 0 Å². The Balaban J connectivity index is 2.29. The second kappa shape index (κ2) is 1.82. The van der Waals surface area contributed by atoms with Crippen molar-refractivity contribution < 1.29 is 13.9 Å². The van der Waals surface area contributed by atoms with Crippen LogP contribution in [-0.4, -0.2) is 25.2 Å². The number of hydrogen-bond acceptors (Lipinski definition) is 2. The first-order valence-corrected chi connectivity index (χ1v) is 2.47. The van der Waals surface area contributed by atoms with E-state index in [-0.39, 0.29) is 19.6 Å². The molecule has 1 fully saturated rings. The highest BCUT2D eigenvalue weighted by molar-refractivity contribution is 5.51. The summed E-state index contributed by atoms with van der Waals surface area (Å²) in [4.78, 5) is 9.72. The molecule has 1 saturated heterocycles. The summed E-state index contributed by atoms with van der Waals surface area (Å²) in [5.74, 6) is 0. The number of halogens is 1. The van der Waals surface area contributed by atoms with Crippen molar-refractivity contribution in [3.8, 4) is 0 Å². The van der Waals surface area contributed by atoms with Gasteiger partial charge in [-0.25, -0.2) is 4.39 Å². The van der Waals surface area contributed by atoms with E-state index in [2.05, 4.69) is 4.74 Å². The molecule has 0 aromatic carbocycles. The summed E-state index contributed by atoms with van der Waals surface area (Å²) in [6.45, 7) is 0.178. The van der Waals surface area contributed by atoms with Gasteiger partial charge in [0, 0.05) is 6.42 Å². The van der Waals surface area contributed by atoms with Gasteiger partial charge in [-0.2, -0.15) is 0 Å². The molecule has 46 valence electrons. The minimum absolute atomic E-state index is 0.0208. The summed E-state index contributed by atoms with van der Waals surface area (Å²) in [6, 6.07) is 0. The Morgan fingerprint density at radius 3 is 2.50 bits per heavy atom. The minimum atomic E-state index is -1.32. The summed E-state index contributed by atoms with van der Waals surface area (Å²) >= 11 is 0. The summed E-state index contributed by atoms with van der Waals surface area (Å²) in [5, 5.41) is 0. The molecule has 1 aliphatic rings. The van der Waals surface area contributed by atoms with Crippen molar-refractivity contribution in [2.24, 2.45) is 0 Å². The molecule has 1 aliphatic heterocycles. The van der Waals surface area contributed by atoms with Crippen molar-refractivity contribution in [2.45, 2.75) is 12.1 Å². The molecule has 0 atom stereocenters. The maximum atomic E-state index is 12.6. The molecule has 0 bridgehead atoms. The first kappa shape index (κ1) is 5.69. The lowest BCUT2D eigenvalue weighted by Crippen LogP contribution is -2.45. The molecule has 0 spiro atoms. The second-order valence-electron chi connectivity index (χ2n) is 2.01.